The van der Waals surface area contributed by atoms with E-state index >= 15 is 0 Å². The molecule has 6 nitrogen and oxygen atoms in total. The smallest absolute Gasteiger partial charge is 0.262 e. The van der Waals surface area contributed by atoms with Crippen LogP contribution in [0, 0.1) is 0 Å². The maximum absolute atomic E-state index is 12.6. The van der Waals surface area contributed by atoms with E-state index in [9.17, 15) is 13.2 Å². The number of hydrogen-bond acceptors (Lipinski definition) is 4. The number of ether oxygens (including phenoxy) is 1. The third kappa shape index (κ3) is 5.56. The molecule has 1 N–H and O–H groups in total. The molecule has 0 radical (unpaired) electrons. The monoisotopic (exact) mass is 404 g/mol. The highest BCUT2D eigenvalue weighted by Crippen LogP contribution is 2.20. The fraction of sp³-hybridized carbons (Fsp3) is 0.381. The highest BCUT2D eigenvalue weighted by atomic mass is 32.2. The van der Waals surface area contributed by atoms with Crippen molar-refractivity contribution in [3.63, 3.8) is 0 Å². The van der Waals surface area contributed by atoms with Gasteiger partial charge >= 0.3 is 0 Å². The van der Waals surface area contributed by atoms with Gasteiger partial charge in [-0.15, -0.1) is 0 Å². The minimum atomic E-state index is -3.58. The van der Waals surface area contributed by atoms with Crippen LogP contribution in [0.1, 0.15) is 39.2 Å². The van der Waals surface area contributed by atoms with Gasteiger partial charge in [0.1, 0.15) is 5.75 Å². The Bertz CT molecular complexity index is 889. The lowest BCUT2D eigenvalue weighted by atomic mass is 10.0. The normalized spacial score (nSPS) is 11.6. The van der Waals surface area contributed by atoms with Crippen molar-refractivity contribution in [2.75, 3.05) is 25.0 Å². The Morgan fingerprint density at radius 2 is 1.71 bits per heavy atom. The molecule has 0 unspecified atom stereocenters. The Kier molecular flexibility index (Phi) is 7.60. The van der Waals surface area contributed by atoms with Gasteiger partial charge in [-0.05, 0) is 41.8 Å². The van der Waals surface area contributed by atoms with Gasteiger partial charge in [0.25, 0.3) is 5.91 Å². The minimum absolute atomic E-state index is 0.152. The van der Waals surface area contributed by atoms with E-state index in [1.54, 1.807) is 26.0 Å². The Morgan fingerprint density at radius 1 is 1.07 bits per heavy atom. The van der Waals surface area contributed by atoms with E-state index in [0.717, 1.165) is 0 Å². The molecule has 2 aromatic rings. The fourth-order valence-corrected chi connectivity index (χ4v) is 4.25. The number of anilines is 1. The molecule has 0 atom stereocenters. The zero-order valence-corrected chi connectivity index (χ0v) is 17.6. The van der Waals surface area contributed by atoms with Crippen molar-refractivity contribution < 1.29 is 17.9 Å². The SMILES string of the molecule is CCN(CC)S(=O)(=O)c1cccc(NC(=O)COc2ccc(C(C)C)cc2)c1. The molecule has 2 aromatic carbocycles. The summed E-state index contributed by atoms with van der Waals surface area (Å²) < 4.78 is 32.1. The molecule has 152 valence electrons. The van der Waals surface area contributed by atoms with Gasteiger partial charge in [0, 0.05) is 18.8 Å². The summed E-state index contributed by atoms with van der Waals surface area (Å²) in [5, 5.41) is 2.68. The van der Waals surface area contributed by atoms with Gasteiger partial charge in [-0.25, -0.2) is 8.42 Å². The molecule has 0 aliphatic rings. The number of sulfonamides is 1. The summed E-state index contributed by atoms with van der Waals surface area (Å²) in [6.45, 7) is 8.41. The summed E-state index contributed by atoms with van der Waals surface area (Å²) in [6, 6.07) is 13.9. The number of rotatable bonds is 9. The van der Waals surface area contributed by atoms with Gasteiger partial charge in [-0.3, -0.25) is 4.79 Å². The van der Waals surface area contributed by atoms with E-state index in [4.69, 9.17) is 4.74 Å². The van der Waals surface area contributed by atoms with Crippen LogP contribution in [0.3, 0.4) is 0 Å². The van der Waals surface area contributed by atoms with Crippen LogP contribution < -0.4 is 10.1 Å². The van der Waals surface area contributed by atoms with Crippen LogP contribution in [0.4, 0.5) is 5.69 Å². The molecule has 2 rings (SSSR count). The summed E-state index contributed by atoms with van der Waals surface area (Å²) in [5.41, 5.74) is 1.61. The molecule has 0 saturated carbocycles. The highest BCUT2D eigenvalue weighted by molar-refractivity contribution is 7.89. The van der Waals surface area contributed by atoms with E-state index in [1.165, 1.54) is 22.0 Å². The first-order valence-electron chi connectivity index (χ1n) is 9.40. The van der Waals surface area contributed by atoms with Crippen molar-refractivity contribution in [2.24, 2.45) is 0 Å². The molecular weight excluding hydrogens is 376 g/mol. The van der Waals surface area contributed by atoms with E-state index in [1.807, 2.05) is 24.3 Å². The van der Waals surface area contributed by atoms with E-state index in [-0.39, 0.29) is 17.4 Å². The molecule has 0 heterocycles. The predicted molar refractivity (Wildman–Crippen MR) is 111 cm³/mol. The second-order valence-electron chi connectivity index (χ2n) is 6.68. The van der Waals surface area contributed by atoms with Crippen LogP contribution in [0.2, 0.25) is 0 Å². The van der Waals surface area contributed by atoms with E-state index < -0.39 is 10.0 Å². The van der Waals surface area contributed by atoms with Crippen molar-refractivity contribution >= 4 is 21.6 Å². The van der Waals surface area contributed by atoms with Crippen LogP contribution in [-0.2, 0) is 14.8 Å². The summed E-state index contributed by atoms with van der Waals surface area (Å²) in [4.78, 5) is 12.3. The number of carbonyl (C=O) groups excluding carboxylic acids is 1. The van der Waals surface area contributed by atoms with E-state index in [0.29, 0.717) is 30.4 Å². The summed E-state index contributed by atoms with van der Waals surface area (Å²) in [5.74, 6) is 0.681. The summed E-state index contributed by atoms with van der Waals surface area (Å²) >= 11 is 0. The first kappa shape index (κ1) is 21.9. The van der Waals surface area contributed by atoms with Crippen molar-refractivity contribution in [2.45, 2.75) is 38.5 Å². The molecule has 7 heteroatoms. The first-order valence-corrected chi connectivity index (χ1v) is 10.8. The van der Waals surface area contributed by atoms with Gasteiger partial charge in [-0.1, -0.05) is 45.9 Å². The standard InChI is InChI=1S/C21H28N2O4S/c1-5-23(6-2)28(25,26)20-9-7-8-18(14-20)22-21(24)15-27-19-12-10-17(11-13-19)16(3)4/h7-14,16H,5-6,15H2,1-4H3,(H,22,24). The quantitative estimate of drug-likeness (QED) is 0.689. The topological polar surface area (TPSA) is 75.7 Å². The number of nitrogens with zero attached hydrogens (tertiary/aromatic N) is 1. The Balaban J connectivity index is 2.00. The van der Waals surface area contributed by atoms with Crippen LogP contribution >= 0.6 is 0 Å². The first-order chi connectivity index (χ1) is 13.3. The molecular formula is C21H28N2O4S. The number of carbonyl (C=O) groups is 1. The average molecular weight is 405 g/mol. The molecule has 0 saturated heterocycles. The fourth-order valence-electron chi connectivity index (χ4n) is 2.74. The molecule has 1 amide bonds. The lowest BCUT2D eigenvalue weighted by Gasteiger charge is -2.18. The molecule has 0 aromatic heterocycles. The van der Waals surface area contributed by atoms with Crippen LogP contribution in [-0.4, -0.2) is 38.3 Å². The lowest BCUT2D eigenvalue weighted by molar-refractivity contribution is -0.118. The van der Waals surface area contributed by atoms with Crippen LogP contribution in [0.25, 0.3) is 0 Å². The number of benzene rings is 2. The van der Waals surface area contributed by atoms with Gasteiger partial charge < -0.3 is 10.1 Å². The summed E-state index contributed by atoms with van der Waals surface area (Å²) in [7, 11) is -3.58. The zero-order chi connectivity index (χ0) is 20.7. The van der Waals surface area contributed by atoms with Gasteiger partial charge in [-0.2, -0.15) is 4.31 Å². The predicted octanol–water partition coefficient (Wildman–Crippen LogP) is 3.86. The van der Waals surface area contributed by atoms with Crippen LogP contribution in [0.15, 0.2) is 53.4 Å². The maximum atomic E-state index is 12.6. The van der Waals surface area contributed by atoms with Crippen molar-refractivity contribution in [1.29, 1.82) is 0 Å². The van der Waals surface area contributed by atoms with Crippen molar-refractivity contribution in [3.05, 3.63) is 54.1 Å². The Morgan fingerprint density at radius 3 is 2.29 bits per heavy atom. The largest absolute Gasteiger partial charge is 0.484 e. The summed E-state index contributed by atoms with van der Waals surface area (Å²) in [6.07, 6.45) is 0. The zero-order valence-electron chi connectivity index (χ0n) is 16.8. The average Bonchev–Trinajstić information content (AvgIpc) is 2.67. The van der Waals surface area contributed by atoms with E-state index in [2.05, 4.69) is 19.2 Å². The van der Waals surface area contributed by atoms with Crippen LogP contribution in [0.5, 0.6) is 5.75 Å². The molecule has 28 heavy (non-hydrogen) atoms. The molecule has 0 bridgehead atoms. The van der Waals surface area contributed by atoms with Gasteiger partial charge in [0.05, 0.1) is 4.90 Å². The number of nitrogens with one attached hydrogen (secondary N) is 1. The third-order valence-electron chi connectivity index (χ3n) is 4.38. The molecule has 0 spiro atoms. The lowest BCUT2D eigenvalue weighted by Crippen LogP contribution is -2.30. The number of amides is 1. The Labute approximate surface area is 167 Å². The molecule has 0 aliphatic carbocycles. The van der Waals surface area contributed by atoms with Gasteiger partial charge in [0.15, 0.2) is 6.61 Å². The Hall–Kier alpha value is -2.38. The molecule has 0 fully saturated rings. The molecule has 0 aliphatic heterocycles. The van der Waals surface area contributed by atoms with Crippen molar-refractivity contribution in [1.82, 2.24) is 4.31 Å². The highest BCUT2D eigenvalue weighted by Gasteiger charge is 2.21. The number of hydrogen-bond donors (Lipinski definition) is 1. The third-order valence-corrected chi connectivity index (χ3v) is 6.42. The van der Waals surface area contributed by atoms with Gasteiger partial charge in [0.2, 0.25) is 10.0 Å². The minimum Gasteiger partial charge on any atom is -0.484 e. The maximum Gasteiger partial charge on any atom is 0.262 e. The second kappa shape index (κ2) is 9.71. The second-order valence-corrected chi connectivity index (χ2v) is 8.62. The van der Waals surface area contributed by atoms with Crippen molar-refractivity contribution in [3.8, 4) is 5.75 Å².